The average molecular weight is 365 g/mol. The molecule has 1 N–H and O–H groups in total. The van der Waals surface area contributed by atoms with E-state index < -0.39 is 11.0 Å². The number of hydrogen-bond acceptors (Lipinski definition) is 4. The summed E-state index contributed by atoms with van der Waals surface area (Å²) in [6.07, 6.45) is 0.905. The molecule has 0 aliphatic heterocycles. The van der Waals surface area contributed by atoms with Gasteiger partial charge >= 0.3 is 0 Å². The lowest BCUT2D eigenvalue weighted by Gasteiger charge is -2.17. The third kappa shape index (κ3) is 3.72. The number of fused-ring (bicyclic) bond motifs is 1. The SMILES string of the molecule is CCc1ccc(NC(=O)C(C)n2c(=O)ccc3cc([N+](=O)[O-])ccc32)cc1. The zero-order valence-corrected chi connectivity index (χ0v) is 15.0. The van der Waals surface area contributed by atoms with E-state index in [-0.39, 0.29) is 17.2 Å². The molecule has 7 nitrogen and oxygen atoms in total. The maximum atomic E-state index is 12.7. The molecule has 1 atom stereocenters. The molecule has 1 heterocycles. The highest BCUT2D eigenvalue weighted by atomic mass is 16.6. The molecule has 7 heteroatoms. The van der Waals surface area contributed by atoms with Crippen LogP contribution in [0.15, 0.2) is 59.4 Å². The number of nitro groups is 1. The number of non-ortho nitro benzene ring substituents is 1. The van der Waals surface area contributed by atoms with Crippen molar-refractivity contribution in [3.05, 3.63) is 80.6 Å². The van der Waals surface area contributed by atoms with E-state index >= 15 is 0 Å². The number of aryl methyl sites for hydroxylation is 1. The first-order valence-electron chi connectivity index (χ1n) is 8.60. The van der Waals surface area contributed by atoms with Crippen LogP contribution in [-0.4, -0.2) is 15.4 Å². The number of benzene rings is 2. The van der Waals surface area contributed by atoms with Crippen LogP contribution in [0.4, 0.5) is 11.4 Å². The maximum absolute atomic E-state index is 12.7. The highest BCUT2D eigenvalue weighted by Gasteiger charge is 2.19. The van der Waals surface area contributed by atoms with Crippen LogP contribution in [0.1, 0.15) is 25.5 Å². The van der Waals surface area contributed by atoms with Crippen LogP contribution in [0.5, 0.6) is 0 Å². The molecule has 0 fully saturated rings. The van der Waals surface area contributed by atoms with Crippen LogP contribution >= 0.6 is 0 Å². The van der Waals surface area contributed by atoms with E-state index in [9.17, 15) is 19.7 Å². The van der Waals surface area contributed by atoms with Crippen LogP contribution in [0, 0.1) is 10.1 Å². The number of carbonyl (C=O) groups excluding carboxylic acids is 1. The molecule has 0 saturated heterocycles. The zero-order chi connectivity index (χ0) is 19.6. The van der Waals surface area contributed by atoms with E-state index in [0.717, 1.165) is 12.0 Å². The maximum Gasteiger partial charge on any atom is 0.270 e. The molecule has 1 unspecified atom stereocenters. The lowest BCUT2D eigenvalue weighted by Crippen LogP contribution is -2.31. The van der Waals surface area contributed by atoms with Crippen LogP contribution < -0.4 is 10.9 Å². The third-order valence-electron chi connectivity index (χ3n) is 4.52. The van der Waals surface area contributed by atoms with Gasteiger partial charge in [0.1, 0.15) is 6.04 Å². The predicted molar refractivity (Wildman–Crippen MR) is 104 cm³/mol. The molecule has 0 aliphatic carbocycles. The molecule has 2 aromatic carbocycles. The molecule has 138 valence electrons. The fraction of sp³-hybridized carbons (Fsp3) is 0.200. The first-order valence-corrected chi connectivity index (χ1v) is 8.60. The van der Waals surface area contributed by atoms with Gasteiger partial charge in [0, 0.05) is 29.3 Å². The van der Waals surface area contributed by atoms with Crippen molar-refractivity contribution >= 4 is 28.2 Å². The topological polar surface area (TPSA) is 94.2 Å². The van der Waals surface area contributed by atoms with Crippen molar-refractivity contribution in [1.82, 2.24) is 4.57 Å². The molecule has 27 heavy (non-hydrogen) atoms. The largest absolute Gasteiger partial charge is 0.324 e. The first-order chi connectivity index (χ1) is 12.9. The number of aromatic nitrogens is 1. The molecule has 0 spiro atoms. The average Bonchev–Trinajstić information content (AvgIpc) is 2.67. The first kappa shape index (κ1) is 18.3. The number of nitrogens with zero attached hydrogens (tertiary/aromatic N) is 2. The highest BCUT2D eigenvalue weighted by Crippen LogP contribution is 2.22. The molecule has 3 rings (SSSR count). The smallest absolute Gasteiger partial charge is 0.270 e. The monoisotopic (exact) mass is 365 g/mol. The minimum Gasteiger partial charge on any atom is -0.324 e. The third-order valence-corrected chi connectivity index (χ3v) is 4.52. The molecular formula is C20H19N3O4. The molecule has 0 radical (unpaired) electrons. The molecule has 3 aromatic rings. The van der Waals surface area contributed by atoms with Gasteiger partial charge in [-0.3, -0.25) is 24.3 Å². The molecule has 1 amide bonds. The van der Waals surface area contributed by atoms with Gasteiger partial charge in [0.25, 0.3) is 11.2 Å². The summed E-state index contributed by atoms with van der Waals surface area (Å²) in [6.45, 7) is 3.67. The van der Waals surface area contributed by atoms with Crippen molar-refractivity contribution in [1.29, 1.82) is 0 Å². The number of hydrogen-bond donors (Lipinski definition) is 1. The summed E-state index contributed by atoms with van der Waals surface area (Å²) in [6, 6.07) is 13.8. The van der Waals surface area contributed by atoms with Gasteiger partial charge in [0.05, 0.1) is 10.4 Å². The highest BCUT2D eigenvalue weighted by molar-refractivity contribution is 5.94. The summed E-state index contributed by atoms with van der Waals surface area (Å²) < 4.78 is 1.34. The van der Waals surface area contributed by atoms with E-state index in [1.165, 1.54) is 34.9 Å². The normalized spacial score (nSPS) is 11.9. The van der Waals surface area contributed by atoms with Crippen molar-refractivity contribution in [2.75, 3.05) is 5.32 Å². The second-order valence-electron chi connectivity index (χ2n) is 6.26. The van der Waals surface area contributed by atoms with Crippen molar-refractivity contribution < 1.29 is 9.72 Å². The van der Waals surface area contributed by atoms with Gasteiger partial charge in [-0.05, 0) is 43.2 Å². The summed E-state index contributed by atoms with van der Waals surface area (Å²) >= 11 is 0. The Hall–Kier alpha value is -3.48. The Morgan fingerprint density at radius 1 is 1.15 bits per heavy atom. The summed E-state index contributed by atoms with van der Waals surface area (Å²) in [7, 11) is 0. The van der Waals surface area contributed by atoms with Crippen molar-refractivity contribution in [2.45, 2.75) is 26.3 Å². The van der Waals surface area contributed by atoms with E-state index in [2.05, 4.69) is 5.32 Å². The van der Waals surface area contributed by atoms with Crippen molar-refractivity contribution in [3.63, 3.8) is 0 Å². The van der Waals surface area contributed by atoms with E-state index in [1.807, 2.05) is 31.2 Å². The number of nitro benzene ring substituents is 1. The lowest BCUT2D eigenvalue weighted by molar-refractivity contribution is -0.384. The Morgan fingerprint density at radius 3 is 2.48 bits per heavy atom. The number of carbonyl (C=O) groups is 1. The van der Waals surface area contributed by atoms with Gasteiger partial charge in [-0.25, -0.2) is 0 Å². The number of pyridine rings is 1. The molecule has 1 aromatic heterocycles. The van der Waals surface area contributed by atoms with Gasteiger partial charge in [-0.1, -0.05) is 19.1 Å². The Morgan fingerprint density at radius 2 is 1.85 bits per heavy atom. The number of amides is 1. The molecule has 0 aliphatic rings. The van der Waals surface area contributed by atoms with Crippen LogP contribution in [0.2, 0.25) is 0 Å². The van der Waals surface area contributed by atoms with Gasteiger partial charge in [-0.15, -0.1) is 0 Å². The molecular weight excluding hydrogens is 346 g/mol. The Labute approximate surface area is 155 Å². The van der Waals surface area contributed by atoms with E-state index in [1.54, 1.807) is 6.92 Å². The van der Waals surface area contributed by atoms with E-state index in [4.69, 9.17) is 0 Å². The summed E-state index contributed by atoms with van der Waals surface area (Å²) in [5.41, 5.74) is 1.86. The van der Waals surface area contributed by atoms with Crippen molar-refractivity contribution in [2.24, 2.45) is 0 Å². The Bertz CT molecular complexity index is 1070. The standard InChI is InChI=1S/C20H19N3O4/c1-3-14-4-7-16(8-5-14)21-20(25)13(2)22-18-10-9-17(23(26)27)12-15(18)6-11-19(22)24/h4-13H,3H2,1-2H3,(H,21,25). The second-order valence-corrected chi connectivity index (χ2v) is 6.26. The van der Waals surface area contributed by atoms with Gasteiger partial charge in [0.2, 0.25) is 5.91 Å². The molecule has 0 saturated carbocycles. The summed E-state index contributed by atoms with van der Waals surface area (Å²) in [4.78, 5) is 35.5. The Kier molecular flexibility index (Phi) is 5.03. The van der Waals surface area contributed by atoms with Crippen LogP contribution in [-0.2, 0) is 11.2 Å². The number of rotatable bonds is 5. The minimum atomic E-state index is -0.784. The summed E-state index contributed by atoms with van der Waals surface area (Å²) in [5, 5.41) is 14.3. The Balaban J connectivity index is 1.94. The number of nitrogens with one attached hydrogen (secondary N) is 1. The fourth-order valence-corrected chi connectivity index (χ4v) is 2.96. The van der Waals surface area contributed by atoms with E-state index in [0.29, 0.717) is 16.6 Å². The number of anilines is 1. The van der Waals surface area contributed by atoms with Crippen LogP contribution in [0.3, 0.4) is 0 Å². The van der Waals surface area contributed by atoms with Gasteiger partial charge in [-0.2, -0.15) is 0 Å². The zero-order valence-electron chi connectivity index (χ0n) is 15.0. The fourth-order valence-electron chi connectivity index (χ4n) is 2.96. The quantitative estimate of drug-likeness (QED) is 0.551. The summed E-state index contributed by atoms with van der Waals surface area (Å²) in [5.74, 6) is -0.341. The predicted octanol–water partition coefficient (Wildman–Crippen LogP) is 3.67. The second kappa shape index (κ2) is 7.41. The van der Waals surface area contributed by atoms with Crippen molar-refractivity contribution in [3.8, 4) is 0 Å². The molecule has 0 bridgehead atoms. The lowest BCUT2D eigenvalue weighted by atomic mass is 10.1. The minimum absolute atomic E-state index is 0.0687. The van der Waals surface area contributed by atoms with Crippen LogP contribution in [0.25, 0.3) is 10.9 Å². The van der Waals surface area contributed by atoms with Gasteiger partial charge in [0.15, 0.2) is 0 Å². The van der Waals surface area contributed by atoms with Gasteiger partial charge < -0.3 is 5.32 Å².